The third kappa shape index (κ3) is 1.63. The first kappa shape index (κ1) is 9.16. The van der Waals surface area contributed by atoms with Crippen LogP contribution in [-0.2, 0) is 4.79 Å². The Hall–Kier alpha value is -0.410. The van der Waals surface area contributed by atoms with Crippen LogP contribution < -0.4 is 0 Å². The quantitative estimate of drug-likeness (QED) is 0.605. The molecule has 3 heteroatoms. The second-order valence-electron chi connectivity index (χ2n) is 4.41. The molecule has 0 saturated carbocycles. The summed E-state index contributed by atoms with van der Waals surface area (Å²) in [4.78, 5) is 11.4. The normalized spacial score (nSPS) is 35.5. The van der Waals surface area contributed by atoms with Crippen molar-refractivity contribution in [2.24, 2.45) is 0 Å². The number of carbonyl (C=O) groups is 1. The van der Waals surface area contributed by atoms with E-state index in [1.165, 1.54) is 19.3 Å². The van der Waals surface area contributed by atoms with Gasteiger partial charge in [-0.25, -0.2) is 10.0 Å². The molecule has 0 aromatic carbocycles. The summed E-state index contributed by atoms with van der Waals surface area (Å²) >= 11 is 0. The number of nitrogens with zero attached hydrogens (tertiary/aromatic N) is 2. The van der Waals surface area contributed by atoms with Crippen molar-refractivity contribution in [2.75, 3.05) is 14.1 Å². The number of ketones is 1. The molecule has 74 valence electrons. The number of fused-ring (bicyclic) bond motifs is 2. The molecule has 2 unspecified atom stereocenters. The average Bonchev–Trinajstić information content (AvgIpc) is 2.01. The Kier molecular flexibility index (Phi) is 2.39. The Bertz CT molecular complexity index is 199. The first-order valence-corrected chi connectivity index (χ1v) is 5.16. The minimum absolute atomic E-state index is 0.466. The summed E-state index contributed by atoms with van der Waals surface area (Å²) in [6.45, 7) is 0. The maximum Gasteiger partial charge on any atom is 0.136 e. The molecule has 2 atom stereocenters. The monoisotopic (exact) mass is 182 g/mol. The molecule has 2 fully saturated rings. The van der Waals surface area contributed by atoms with Crippen LogP contribution in [0.4, 0.5) is 0 Å². The van der Waals surface area contributed by atoms with E-state index in [0.717, 1.165) is 12.8 Å². The smallest absolute Gasteiger partial charge is 0.136 e. The van der Waals surface area contributed by atoms with Crippen LogP contribution >= 0.6 is 0 Å². The van der Waals surface area contributed by atoms with Crippen molar-refractivity contribution >= 4 is 5.78 Å². The highest BCUT2D eigenvalue weighted by atomic mass is 16.1. The SMILES string of the molecule is CN(C)N1C2CCCC1CC(=O)C2. The van der Waals surface area contributed by atoms with Gasteiger partial charge in [-0.1, -0.05) is 6.42 Å². The van der Waals surface area contributed by atoms with Crippen molar-refractivity contribution in [3.05, 3.63) is 0 Å². The summed E-state index contributed by atoms with van der Waals surface area (Å²) in [7, 11) is 4.17. The predicted octanol–water partition coefficient (Wildman–Crippen LogP) is 1.05. The van der Waals surface area contributed by atoms with Crippen molar-refractivity contribution in [3.8, 4) is 0 Å². The van der Waals surface area contributed by atoms with Gasteiger partial charge in [0.05, 0.1) is 0 Å². The van der Waals surface area contributed by atoms with Gasteiger partial charge in [0.1, 0.15) is 5.78 Å². The fourth-order valence-electron chi connectivity index (χ4n) is 2.81. The summed E-state index contributed by atoms with van der Waals surface area (Å²) in [5.41, 5.74) is 0. The molecule has 2 heterocycles. The lowest BCUT2D eigenvalue weighted by atomic mass is 9.85. The number of Topliss-reactive ketones (excluding diaryl/α,β-unsaturated/α-hetero) is 1. The van der Waals surface area contributed by atoms with E-state index < -0.39 is 0 Å². The molecule has 2 rings (SSSR count). The lowest BCUT2D eigenvalue weighted by molar-refractivity contribution is -0.143. The highest BCUT2D eigenvalue weighted by Gasteiger charge is 2.38. The average molecular weight is 182 g/mol. The molecule has 2 saturated heterocycles. The Morgan fingerprint density at radius 3 is 2.23 bits per heavy atom. The van der Waals surface area contributed by atoms with Gasteiger partial charge in [0, 0.05) is 39.0 Å². The van der Waals surface area contributed by atoms with Gasteiger partial charge < -0.3 is 0 Å². The van der Waals surface area contributed by atoms with Crippen molar-refractivity contribution in [1.82, 2.24) is 10.0 Å². The van der Waals surface area contributed by atoms with Crippen LogP contribution in [0.25, 0.3) is 0 Å². The summed E-state index contributed by atoms with van der Waals surface area (Å²) in [5.74, 6) is 0.466. The zero-order valence-electron chi connectivity index (χ0n) is 8.49. The van der Waals surface area contributed by atoms with Crippen LogP contribution in [0, 0.1) is 0 Å². The van der Waals surface area contributed by atoms with Gasteiger partial charge in [-0.15, -0.1) is 0 Å². The molecule has 13 heavy (non-hydrogen) atoms. The maximum absolute atomic E-state index is 11.4. The molecule has 0 aromatic heterocycles. The van der Waals surface area contributed by atoms with E-state index in [4.69, 9.17) is 0 Å². The van der Waals surface area contributed by atoms with E-state index in [1.807, 2.05) is 0 Å². The maximum atomic E-state index is 11.4. The standard InChI is InChI=1S/C10H18N2O/c1-11(2)12-8-4-3-5-9(12)7-10(13)6-8/h8-9H,3-7H2,1-2H3. The highest BCUT2D eigenvalue weighted by Crippen LogP contribution is 2.32. The summed E-state index contributed by atoms with van der Waals surface area (Å²) in [5, 5.41) is 4.58. The zero-order valence-corrected chi connectivity index (χ0v) is 8.49. The van der Waals surface area contributed by atoms with Crippen molar-refractivity contribution in [1.29, 1.82) is 0 Å². The summed E-state index contributed by atoms with van der Waals surface area (Å²) in [6.07, 6.45) is 5.23. The van der Waals surface area contributed by atoms with Gasteiger partial charge in [-0.05, 0) is 12.8 Å². The van der Waals surface area contributed by atoms with Crippen LogP contribution in [0.2, 0.25) is 0 Å². The second-order valence-corrected chi connectivity index (χ2v) is 4.41. The van der Waals surface area contributed by atoms with Gasteiger partial charge in [0.2, 0.25) is 0 Å². The van der Waals surface area contributed by atoms with E-state index in [-0.39, 0.29) is 0 Å². The Balaban J connectivity index is 2.14. The minimum atomic E-state index is 0.466. The van der Waals surface area contributed by atoms with Crippen LogP contribution in [0.15, 0.2) is 0 Å². The minimum Gasteiger partial charge on any atom is -0.300 e. The molecule has 0 aliphatic carbocycles. The molecule has 0 radical (unpaired) electrons. The fraction of sp³-hybridized carbons (Fsp3) is 0.900. The van der Waals surface area contributed by atoms with E-state index in [1.54, 1.807) is 0 Å². The number of carbonyl (C=O) groups excluding carboxylic acids is 1. The molecule has 3 nitrogen and oxygen atoms in total. The van der Waals surface area contributed by atoms with Crippen molar-refractivity contribution in [2.45, 2.75) is 44.2 Å². The first-order valence-electron chi connectivity index (χ1n) is 5.16. The molecule has 2 aliphatic heterocycles. The second kappa shape index (κ2) is 3.39. The van der Waals surface area contributed by atoms with Crippen LogP contribution in [-0.4, -0.2) is 42.0 Å². The highest BCUT2D eigenvalue weighted by molar-refractivity contribution is 5.80. The van der Waals surface area contributed by atoms with Crippen LogP contribution in [0.5, 0.6) is 0 Å². The third-order valence-electron chi connectivity index (χ3n) is 3.21. The topological polar surface area (TPSA) is 23.6 Å². The van der Waals surface area contributed by atoms with Gasteiger partial charge in [0.25, 0.3) is 0 Å². The van der Waals surface area contributed by atoms with Gasteiger partial charge in [0.15, 0.2) is 0 Å². The van der Waals surface area contributed by atoms with Crippen LogP contribution in [0.1, 0.15) is 32.1 Å². The van der Waals surface area contributed by atoms with Gasteiger partial charge in [-0.2, -0.15) is 0 Å². The molecule has 0 aromatic rings. The number of hydrogen-bond donors (Lipinski definition) is 0. The largest absolute Gasteiger partial charge is 0.300 e. The molecule has 2 aliphatic rings. The lowest BCUT2D eigenvalue weighted by Gasteiger charge is -2.48. The van der Waals surface area contributed by atoms with Crippen molar-refractivity contribution in [3.63, 3.8) is 0 Å². The predicted molar refractivity (Wildman–Crippen MR) is 51.2 cm³/mol. The summed E-state index contributed by atoms with van der Waals surface area (Å²) in [6, 6.07) is 0.991. The zero-order chi connectivity index (χ0) is 9.42. The summed E-state index contributed by atoms with van der Waals surface area (Å²) < 4.78 is 0. The van der Waals surface area contributed by atoms with E-state index in [0.29, 0.717) is 17.9 Å². The Morgan fingerprint density at radius 1 is 1.23 bits per heavy atom. The molecular weight excluding hydrogens is 164 g/mol. The first-order chi connectivity index (χ1) is 6.18. The molecule has 0 N–H and O–H groups in total. The number of rotatable bonds is 1. The third-order valence-corrected chi connectivity index (χ3v) is 3.21. The number of hydrogen-bond acceptors (Lipinski definition) is 3. The molecule has 0 amide bonds. The number of hydrazine groups is 1. The van der Waals surface area contributed by atoms with Gasteiger partial charge in [-0.3, -0.25) is 4.79 Å². The molecule has 0 spiro atoms. The van der Waals surface area contributed by atoms with E-state index in [2.05, 4.69) is 24.1 Å². The van der Waals surface area contributed by atoms with E-state index in [9.17, 15) is 4.79 Å². The molecule has 2 bridgehead atoms. The number of piperidine rings is 2. The Labute approximate surface area is 79.7 Å². The van der Waals surface area contributed by atoms with Gasteiger partial charge >= 0.3 is 0 Å². The Morgan fingerprint density at radius 2 is 1.77 bits per heavy atom. The molecular formula is C10H18N2O. The van der Waals surface area contributed by atoms with E-state index >= 15 is 0 Å². The van der Waals surface area contributed by atoms with Crippen LogP contribution in [0.3, 0.4) is 0 Å². The lowest BCUT2D eigenvalue weighted by Crippen LogP contribution is -2.57. The fourth-order valence-corrected chi connectivity index (χ4v) is 2.81. The van der Waals surface area contributed by atoms with Crippen molar-refractivity contribution < 1.29 is 4.79 Å².